The van der Waals surface area contributed by atoms with E-state index in [1.807, 2.05) is 24.3 Å². The van der Waals surface area contributed by atoms with Gasteiger partial charge in [0.25, 0.3) is 0 Å². The molecule has 0 radical (unpaired) electrons. The Hall–Kier alpha value is -1.43. The standard InChI is InChI=1S/C13H14ClN3O2/c14-9-3-1-8(2-4-9)5-12-16-13(19-17-12)11-6-10(18)7-15-11/h1-4,10-11,15,18H,5-7H2. The molecule has 100 valence electrons. The van der Waals surface area contributed by atoms with Crippen molar-refractivity contribution in [2.45, 2.75) is 25.0 Å². The van der Waals surface area contributed by atoms with Crippen LogP contribution in [-0.4, -0.2) is 27.9 Å². The summed E-state index contributed by atoms with van der Waals surface area (Å²) < 4.78 is 5.23. The van der Waals surface area contributed by atoms with Gasteiger partial charge in [0, 0.05) is 18.0 Å². The second-order valence-corrected chi connectivity index (χ2v) is 5.14. The summed E-state index contributed by atoms with van der Waals surface area (Å²) in [6.07, 6.45) is 0.884. The first-order valence-electron chi connectivity index (χ1n) is 6.19. The molecule has 3 rings (SSSR count). The van der Waals surface area contributed by atoms with Crippen LogP contribution in [0.3, 0.4) is 0 Å². The molecule has 0 saturated carbocycles. The Morgan fingerprint density at radius 3 is 2.84 bits per heavy atom. The van der Waals surface area contributed by atoms with Crippen LogP contribution in [0.15, 0.2) is 28.8 Å². The van der Waals surface area contributed by atoms with Crippen LogP contribution in [0, 0.1) is 0 Å². The molecule has 19 heavy (non-hydrogen) atoms. The van der Waals surface area contributed by atoms with Gasteiger partial charge in [0.15, 0.2) is 5.82 Å². The number of aliphatic hydroxyl groups is 1. The molecule has 2 aromatic rings. The van der Waals surface area contributed by atoms with Crippen molar-refractivity contribution in [2.24, 2.45) is 0 Å². The number of halogens is 1. The van der Waals surface area contributed by atoms with Gasteiger partial charge in [0.1, 0.15) is 0 Å². The molecule has 2 heterocycles. The van der Waals surface area contributed by atoms with E-state index in [0.717, 1.165) is 5.56 Å². The average molecular weight is 280 g/mol. The Morgan fingerprint density at radius 2 is 2.16 bits per heavy atom. The van der Waals surface area contributed by atoms with Gasteiger partial charge in [0.2, 0.25) is 5.89 Å². The topological polar surface area (TPSA) is 71.2 Å². The predicted octanol–water partition coefficient (Wildman–Crippen LogP) is 1.71. The summed E-state index contributed by atoms with van der Waals surface area (Å²) in [6, 6.07) is 7.52. The summed E-state index contributed by atoms with van der Waals surface area (Å²) in [4.78, 5) is 4.36. The molecule has 0 spiro atoms. The van der Waals surface area contributed by atoms with Gasteiger partial charge in [-0.25, -0.2) is 0 Å². The van der Waals surface area contributed by atoms with Crippen molar-refractivity contribution in [3.05, 3.63) is 46.6 Å². The summed E-state index contributed by atoms with van der Waals surface area (Å²) in [5.74, 6) is 1.18. The van der Waals surface area contributed by atoms with Gasteiger partial charge in [-0.15, -0.1) is 0 Å². The SMILES string of the molecule is OC1CNC(c2nc(Cc3ccc(Cl)cc3)no2)C1. The Kier molecular flexibility index (Phi) is 3.50. The summed E-state index contributed by atoms with van der Waals surface area (Å²) in [7, 11) is 0. The van der Waals surface area contributed by atoms with Gasteiger partial charge in [0.05, 0.1) is 12.1 Å². The zero-order valence-electron chi connectivity index (χ0n) is 10.2. The van der Waals surface area contributed by atoms with Crippen LogP contribution in [0.25, 0.3) is 0 Å². The van der Waals surface area contributed by atoms with Crippen molar-refractivity contribution in [1.82, 2.24) is 15.5 Å². The lowest BCUT2D eigenvalue weighted by molar-refractivity contribution is 0.191. The summed E-state index contributed by atoms with van der Waals surface area (Å²) in [5, 5.41) is 17.3. The van der Waals surface area contributed by atoms with Gasteiger partial charge in [-0.05, 0) is 24.1 Å². The quantitative estimate of drug-likeness (QED) is 0.895. The molecule has 0 amide bonds. The van der Waals surface area contributed by atoms with Crippen molar-refractivity contribution in [3.63, 3.8) is 0 Å². The van der Waals surface area contributed by atoms with E-state index in [-0.39, 0.29) is 12.1 Å². The molecule has 1 aliphatic rings. The monoisotopic (exact) mass is 279 g/mol. The predicted molar refractivity (Wildman–Crippen MR) is 69.9 cm³/mol. The smallest absolute Gasteiger partial charge is 0.243 e. The van der Waals surface area contributed by atoms with E-state index < -0.39 is 0 Å². The molecule has 6 heteroatoms. The third-order valence-corrected chi connectivity index (χ3v) is 3.42. The Bertz CT molecular complexity index is 555. The highest BCUT2D eigenvalue weighted by Gasteiger charge is 2.27. The second-order valence-electron chi connectivity index (χ2n) is 4.70. The van der Waals surface area contributed by atoms with E-state index >= 15 is 0 Å². The fraction of sp³-hybridized carbons (Fsp3) is 0.385. The largest absolute Gasteiger partial charge is 0.392 e. The number of aliphatic hydroxyl groups excluding tert-OH is 1. The molecule has 2 unspecified atom stereocenters. The number of aromatic nitrogens is 2. The van der Waals surface area contributed by atoms with Crippen molar-refractivity contribution in [1.29, 1.82) is 0 Å². The highest BCUT2D eigenvalue weighted by molar-refractivity contribution is 6.30. The zero-order chi connectivity index (χ0) is 13.2. The van der Waals surface area contributed by atoms with Gasteiger partial charge in [-0.1, -0.05) is 28.9 Å². The van der Waals surface area contributed by atoms with Crippen LogP contribution >= 0.6 is 11.6 Å². The van der Waals surface area contributed by atoms with Gasteiger partial charge < -0.3 is 14.9 Å². The van der Waals surface area contributed by atoms with E-state index in [1.54, 1.807) is 0 Å². The van der Waals surface area contributed by atoms with E-state index in [4.69, 9.17) is 16.1 Å². The molecule has 1 saturated heterocycles. The molecule has 2 atom stereocenters. The van der Waals surface area contributed by atoms with Crippen molar-refractivity contribution < 1.29 is 9.63 Å². The maximum absolute atomic E-state index is 9.46. The van der Waals surface area contributed by atoms with Crippen molar-refractivity contribution >= 4 is 11.6 Å². The molecule has 2 N–H and O–H groups in total. The fourth-order valence-corrected chi connectivity index (χ4v) is 2.30. The number of hydrogen-bond donors (Lipinski definition) is 2. The first-order chi connectivity index (χ1) is 9.20. The molecular formula is C13H14ClN3O2. The molecule has 1 fully saturated rings. The average Bonchev–Trinajstić information content (AvgIpc) is 3.01. The Balaban J connectivity index is 1.69. The molecule has 0 bridgehead atoms. The van der Waals surface area contributed by atoms with Crippen LogP contribution in [0.5, 0.6) is 0 Å². The van der Waals surface area contributed by atoms with Crippen LogP contribution < -0.4 is 5.32 Å². The van der Waals surface area contributed by atoms with Crippen LogP contribution in [-0.2, 0) is 6.42 Å². The van der Waals surface area contributed by atoms with Crippen LogP contribution in [0.4, 0.5) is 0 Å². The minimum Gasteiger partial charge on any atom is -0.392 e. The first-order valence-corrected chi connectivity index (χ1v) is 6.57. The maximum atomic E-state index is 9.46. The number of nitrogens with one attached hydrogen (secondary N) is 1. The van der Waals surface area contributed by atoms with E-state index in [1.165, 1.54) is 0 Å². The molecule has 5 nitrogen and oxygen atoms in total. The minimum absolute atomic E-state index is 0.0403. The third kappa shape index (κ3) is 2.94. The minimum atomic E-state index is -0.336. The second kappa shape index (κ2) is 5.28. The molecule has 1 aromatic carbocycles. The summed E-state index contributed by atoms with van der Waals surface area (Å²) in [6.45, 7) is 0.569. The highest BCUT2D eigenvalue weighted by Crippen LogP contribution is 2.22. The highest BCUT2D eigenvalue weighted by atomic mass is 35.5. The van der Waals surface area contributed by atoms with E-state index in [0.29, 0.717) is 36.1 Å². The molecule has 0 aliphatic carbocycles. The molecular weight excluding hydrogens is 266 g/mol. The van der Waals surface area contributed by atoms with Crippen LogP contribution in [0.1, 0.15) is 29.7 Å². The molecule has 1 aliphatic heterocycles. The summed E-state index contributed by atoms with van der Waals surface area (Å²) in [5.41, 5.74) is 1.08. The number of β-amino-alcohol motifs (C(OH)–C–C–N with tert-alkyl or cyclic N) is 1. The normalized spacial score (nSPS) is 22.8. The third-order valence-electron chi connectivity index (χ3n) is 3.17. The number of hydrogen-bond acceptors (Lipinski definition) is 5. The van der Waals surface area contributed by atoms with Crippen molar-refractivity contribution in [3.8, 4) is 0 Å². The lowest BCUT2D eigenvalue weighted by atomic mass is 10.1. The van der Waals surface area contributed by atoms with Gasteiger partial charge >= 0.3 is 0 Å². The Morgan fingerprint density at radius 1 is 1.37 bits per heavy atom. The number of rotatable bonds is 3. The first kappa shape index (κ1) is 12.6. The lowest BCUT2D eigenvalue weighted by Crippen LogP contribution is -2.15. The van der Waals surface area contributed by atoms with Crippen LogP contribution in [0.2, 0.25) is 5.02 Å². The van der Waals surface area contributed by atoms with E-state index in [9.17, 15) is 5.11 Å². The summed E-state index contributed by atoms with van der Waals surface area (Å²) >= 11 is 5.84. The fourth-order valence-electron chi connectivity index (χ4n) is 2.17. The number of benzene rings is 1. The molecule has 1 aromatic heterocycles. The Labute approximate surface area is 115 Å². The number of nitrogens with zero attached hydrogens (tertiary/aromatic N) is 2. The van der Waals surface area contributed by atoms with Crippen molar-refractivity contribution in [2.75, 3.05) is 6.54 Å². The lowest BCUT2D eigenvalue weighted by Gasteiger charge is -2.01. The van der Waals surface area contributed by atoms with Gasteiger partial charge in [-0.3, -0.25) is 0 Å². The zero-order valence-corrected chi connectivity index (χ0v) is 11.0. The maximum Gasteiger partial charge on any atom is 0.243 e. The van der Waals surface area contributed by atoms with Gasteiger partial charge in [-0.2, -0.15) is 4.98 Å². The van der Waals surface area contributed by atoms with E-state index in [2.05, 4.69) is 15.5 Å².